The molecule has 1 saturated heterocycles. The number of rotatable bonds is 2. The number of carbonyl (C=O) groups excluding carboxylic acids is 1. The van der Waals surface area contributed by atoms with Gasteiger partial charge in [0.15, 0.2) is 0 Å². The van der Waals surface area contributed by atoms with Gasteiger partial charge in [0.2, 0.25) is 5.91 Å². The molecule has 88 valence electrons. The maximum absolute atomic E-state index is 11.8. The molecule has 2 rings (SSSR count). The van der Waals surface area contributed by atoms with Crippen molar-refractivity contribution in [3.8, 4) is 6.07 Å². The molecule has 0 saturated carbocycles. The molecule has 1 aromatic rings. The first kappa shape index (κ1) is 12.4. The zero-order valence-corrected chi connectivity index (χ0v) is 11.3. The van der Waals surface area contributed by atoms with Gasteiger partial charge >= 0.3 is 0 Å². The molecule has 1 amide bonds. The van der Waals surface area contributed by atoms with Gasteiger partial charge in [-0.1, -0.05) is 27.5 Å². The Hall–Kier alpha value is -1.05. The van der Waals surface area contributed by atoms with E-state index in [1.807, 2.05) is 6.07 Å². The maximum Gasteiger partial charge on any atom is 0.227 e. The molecule has 0 N–H and O–H groups in total. The molecule has 1 heterocycles. The quantitative estimate of drug-likeness (QED) is 0.788. The number of nitrogens with zero attached hydrogens (tertiary/aromatic N) is 2. The van der Waals surface area contributed by atoms with Gasteiger partial charge in [-0.3, -0.25) is 4.79 Å². The van der Waals surface area contributed by atoms with E-state index in [-0.39, 0.29) is 5.91 Å². The predicted octanol–water partition coefficient (Wildman–Crippen LogP) is 2.96. The number of nitriles is 1. The highest BCUT2D eigenvalue weighted by molar-refractivity contribution is 9.09. The summed E-state index contributed by atoms with van der Waals surface area (Å²) < 4.78 is 0. The number of alkyl halides is 1. The summed E-state index contributed by atoms with van der Waals surface area (Å²) in [5, 5.41) is 10.1. The largest absolute Gasteiger partial charge is 0.312 e. The van der Waals surface area contributed by atoms with Crippen LogP contribution >= 0.6 is 27.5 Å². The summed E-state index contributed by atoms with van der Waals surface area (Å²) in [5.74, 6) is 0.435. The molecule has 1 aliphatic heterocycles. The molecule has 1 aromatic carbocycles. The van der Waals surface area contributed by atoms with Gasteiger partial charge in [0.25, 0.3) is 0 Å². The van der Waals surface area contributed by atoms with E-state index in [1.54, 1.807) is 23.1 Å². The topological polar surface area (TPSA) is 44.1 Å². The summed E-state index contributed by atoms with van der Waals surface area (Å²) in [6, 6.07) is 7.12. The molecule has 0 radical (unpaired) electrons. The molecule has 1 atom stereocenters. The summed E-state index contributed by atoms with van der Waals surface area (Å²) in [7, 11) is 0. The minimum Gasteiger partial charge on any atom is -0.312 e. The van der Waals surface area contributed by atoms with Crippen LogP contribution in [0.5, 0.6) is 0 Å². The van der Waals surface area contributed by atoms with E-state index in [0.717, 1.165) is 11.0 Å². The van der Waals surface area contributed by atoms with E-state index in [4.69, 9.17) is 16.9 Å². The second-order valence-electron chi connectivity index (χ2n) is 4.00. The van der Waals surface area contributed by atoms with Crippen LogP contribution in [0.1, 0.15) is 12.0 Å². The second kappa shape index (κ2) is 5.07. The van der Waals surface area contributed by atoms with E-state index >= 15 is 0 Å². The third-order valence-corrected chi connectivity index (χ3v) is 4.05. The highest BCUT2D eigenvalue weighted by atomic mass is 79.9. The van der Waals surface area contributed by atoms with Crippen molar-refractivity contribution >= 4 is 39.1 Å². The molecule has 0 aliphatic carbocycles. The van der Waals surface area contributed by atoms with E-state index in [1.165, 1.54) is 0 Å². The molecule has 3 nitrogen and oxygen atoms in total. The second-order valence-corrected chi connectivity index (χ2v) is 5.06. The lowest BCUT2D eigenvalue weighted by molar-refractivity contribution is -0.117. The number of halogens is 2. The third kappa shape index (κ3) is 2.46. The standard InChI is InChI=1S/C12H10BrClN2O/c13-5-8-3-12(17)16(7-8)10-1-2-11(14)9(4-10)6-15/h1-2,4,8H,3,5,7H2. The minimum absolute atomic E-state index is 0.0978. The van der Waals surface area contributed by atoms with Crippen LogP contribution in [0.25, 0.3) is 0 Å². The van der Waals surface area contributed by atoms with Crippen LogP contribution in [0.2, 0.25) is 5.02 Å². The maximum atomic E-state index is 11.8. The van der Waals surface area contributed by atoms with E-state index in [2.05, 4.69) is 15.9 Å². The summed E-state index contributed by atoms with van der Waals surface area (Å²) in [4.78, 5) is 13.5. The van der Waals surface area contributed by atoms with Crippen molar-refractivity contribution in [2.45, 2.75) is 6.42 Å². The smallest absolute Gasteiger partial charge is 0.227 e. The molecular weight excluding hydrogens is 304 g/mol. The highest BCUT2D eigenvalue weighted by Gasteiger charge is 2.29. The van der Waals surface area contributed by atoms with Gasteiger partial charge in [0.1, 0.15) is 6.07 Å². The average molecular weight is 314 g/mol. The average Bonchev–Trinajstić information content (AvgIpc) is 2.71. The van der Waals surface area contributed by atoms with Crippen LogP contribution in [0, 0.1) is 17.2 Å². The predicted molar refractivity (Wildman–Crippen MR) is 70.4 cm³/mol. The molecule has 1 unspecified atom stereocenters. The van der Waals surface area contributed by atoms with Crippen molar-refractivity contribution in [3.63, 3.8) is 0 Å². The summed E-state index contributed by atoms with van der Waals surface area (Å²) in [6.45, 7) is 0.691. The van der Waals surface area contributed by atoms with Gasteiger partial charge in [-0.25, -0.2) is 0 Å². The highest BCUT2D eigenvalue weighted by Crippen LogP contribution is 2.28. The molecular formula is C12H10BrClN2O. The summed E-state index contributed by atoms with van der Waals surface area (Å²) in [5.41, 5.74) is 1.15. The van der Waals surface area contributed by atoms with E-state index in [9.17, 15) is 4.79 Å². The Labute approximate surface area is 113 Å². The number of anilines is 1. The van der Waals surface area contributed by atoms with Gasteiger partial charge in [-0.2, -0.15) is 5.26 Å². The minimum atomic E-state index is 0.0978. The van der Waals surface area contributed by atoms with Crippen LogP contribution < -0.4 is 4.90 Å². The van der Waals surface area contributed by atoms with Crippen molar-refractivity contribution in [3.05, 3.63) is 28.8 Å². The van der Waals surface area contributed by atoms with Crippen LogP contribution in [0.4, 0.5) is 5.69 Å². The third-order valence-electron chi connectivity index (χ3n) is 2.81. The Balaban J connectivity index is 2.30. The summed E-state index contributed by atoms with van der Waals surface area (Å²) >= 11 is 9.25. The molecule has 0 bridgehead atoms. The van der Waals surface area contributed by atoms with Crippen LogP contribution in [0.15, 0.2) is 18.2 Å². The van der Waals surface area contributed by atoms with Crippen molar-refractivity contribution in [2.24, 2.45) is 5.92 Å². The van der Waals surface area contributed by atoms with E-state index in [0.29, 0.717) is 29.5 Å². The molecule has 0 spiro atoms. The van der Waals surface area contributed by atoms with Gasteiger partial charge in [0.05, 0.1) is 10.6 Å². The Morgan fingerprint density at radius 1 is 1.59 bits per heavy atom. The molecule has 1 fully saturated rings. The van der Waals surface area contributed by atoms with Gasteiger partial charge < -0.3 is 4.90 Å². The van der Waals surface area contributed by atoms with Crippen molar-refractivity contribution < 1.29 is 4.79 Å². The fourth-order valence-electron chi connectivity index (χ4n) is 1.90. The monoisotopic (exact) mass is 312 g/mol. The first-order valence-electron chi connectivity index (χ1n) is 5.21. The van der Waals surface area contributed by atoms with Crippen molar-refractivity contribution in [2.75, 3.05) is 16.8 Å². The Morgan fingerprint density at radius 2 is 2.35 bits per heavy atom. The fraction of sp³-hybridized carbons (Fsp3) is 0.333. The zero-order chi connectivity index (χ0) is 12.4. The lowest BCUT2D eigenvalue weighted by Gasteiger charge is -2.16. The normalized spacial score (nSPS) is 19.5. The number of amides is 1. The van der Waals surface area contributed by atoms with Gasteiger partial charge in [-0.15, -0.1) is 0 Å². The zero-order valence-electron chi connectivity index (χ0n) is 8.99. The molecule has 17 heavy (non-hydrogen) atoms. The fourth-order valence-corrected chi connectivity index (χ4v) is 2.49. The number of hydrogen-bond donors (Lipinski definition) is 0. The van der Waals surface area contributed by atoms with Crippen LogP contribution in [-0.2, 0) is 4.79 Å². The van der Waals surface area contributed by atoms with Crippen molar-refractivity contribution in [1.29, 1.82) is 5.26 Å². The van der Waals surface area contributed by atoms with Gasteiger partial charge in [-0.05, 0) is 24.1 Å². The number of benzene rings is 1. The Kier molecular flexibility index (Phi) is 3.70. The Morgan fingerprint density at radius 3 is 2.94 bits per heavy atom. The molecule has 1 aliphatic rings. The van der Waals surface area contributed by atoms with Crippen LogP contribution in [0.3, 0.4) is 0 Å². The first-order chi connectivity index (χ1) is 8.15. The molecule has 0 aromatic heterocycles. The Bertz CT molecular complexity index is 498. The van der Waals surface area contributed by atoms with E-state index < -0.39 is 0 Å². The molecule has 5 heteroatoms. The van der Waals surface area contributed by atoms with Gasteiger partial charge in [0, 0.05) is 24.0 Å². The lowest BCUT2D eigenvalue weighted by Crippen LogP contribution is -2.24. The van der Waals surface area contributed by atoms with Crippen molar-refractivity contribution in [1.82, 2.24) is 0 Å². The number of hydrogen-bond acceptors (Lipinski definition) is 2. The number of carbonyl (C=O) groups is 1. The lowest BCUT2D eigenvalue weighted by atomic mass is 10.1. The summed E-state index contributed by atoms with van der Waals surface area (Å²) in [6.07, 6.45) is 0.551. The SMILES string of the molecule is N#Cc1cc(N2CC(CBr)CC2=O)ccc1Cl. The first-order valence-corrected chi connectivity index (χ1v) is 6.71. The van der Waals surface area contributed by atoms with Crippen LogP contribution in [-0.4, -0.2) is 17.8 Å².